The maximum absolute atomic E-state index is 2.14. The topological polar surface area (TPSA) is 0 Å². The first kappa shape index (κ1) is 16.6. The van der Waals surface area contributed by atoms with Crippen molar-refractivity contribution in [1.29, 1.82) is 0 Å². The maximum atomic E-state index is 2.14. The van der Waals surface area contributed by atoms with Crippen LogP contribution < -0.4 is 0 Å². The van der Waals surface area contributed by atoms with Crippen molar-refractivity contribution in [3.05, 3.63) is 0 Å². The van der Waals surface area contributed by atoms with E-state index in [9.17, 15) is 0 Å². The van der Waals surface area contributed by atoms with Crippen molar-refractivity contribution in [3.8, 4) is 0 Å². The number of rotatable bonds is 0. The molecule has 0 fully saturated rings. The van der Waals surface area contributed by atoms with Gasteiger partial charge in [-0.25, -0.2) is 0 Å². The van der Waals surface area contributed by atoms with Gasteiger partial charge in [0.15, 0.2) is 0 Å². The van der Waals surface area contributed by atoms with E-state index >= 15 is 0 Å². The second kappa shape index (κ2) is 19.6. The van der Waals surface area contributed by atoms with E-state index in [1.807, 2.05) is 0 Å². The molecule has 0 aliphatic rings. The molecule has 0 amide bonds. The molecule has 0 atom stereocenters. The first-order valence-corrected chi connectivity index (χ1v) is 3.00. The summed E-state index contributed by atoms with van der Waals surface area (Å²) in [6.45, 7) is 0. The minimum Gasteiger partial charge on any atom is 0 e. The third kappa shape index (κ3) is 8.96. The SMILES string of the molecule is B[SiH3].[CaH2].[Fe]. The first-order chi connectivity index (χ1) is 1.00. The molecule has 24 valence electrons. The second-order valence-corrected chi connectivity index (χ2v) is 0. The smallest absolute Gasteiger partial charge is 0 e. The fraction of sp³-hybridized carbons (Fsp3) is 0. The van der Waals surface area contributed by atoms with Crippen LogP contribution >= 0.6 is 0 Å². The van der Waals surface area contributed by atoms with Crippen LogP contribution in [0.5, 0.6) is 0 Å². The van der Waals surface area contributed by atoms with E-state index in [1.165, 1.54) is 10.1 Å². The quantitative estimate of drug-likeness (QED) is 0.316. The van der Waals surface area contributed by atoms with Gasteiger partial charge in [-0.3, -0.25) is 0 Å². The van der Waals surface area contributed by atoms with Crippen LogP contribution in [-0.4, -0.2) is 55.3 Å². The summed E-state index contributed by atoms with van der Waals surface area (Å²) in [5, 5.41) is 0. The van der Waals surface area contributed by atoms with Crippen molar-refractivity contribution in [2.45, 2.75) is 0 Å². The molecule has 0 N–H and O–H groups in total. The van der Waals surface area contributed by atoms with Gasteiger partial charge in [0.1, 0.15) is 0 Å². The molecular formula is H7BCaFeSi. The second-order valence-electron chi connectivity index (χ2n) is 0. The van der Waals surface area contributed by atoms with E-state index in [-0.39, 0.29) is 54.8 Å². The van der Waals surface area contributed by atoms with Gasteiger partial charge in [0.05, 0.1) is 7.44 Å². The Labute approximate surface area is 71.3 Å². The van der Waals surface area contributed by atoms with Crippen LogP contribution in [-0.2, 0) is 17.1 Å². The predicted octanol–water partition coefficient (Wildman–Crippen LogP) is -3.02. The summed E-state index contributed by atoms with van der Waals surface area (Å²) >= 11 is 0. The Kier molecular flexibility index (Phi) is 81.4. The molecule has 4 heavy (non-hydrogen) atoms. The van der Waals surface area contributed by atoms with E-state index in [2.05, 4.69) is 7.44 Å². The zero-order valence-electron chi connectivity index (χ0n) is 2.35. The Morgan fingerprint density at radius 1 is 1.25 bits per heavy atom. The Morgan fingerprint density at radius 2 is 1.25 bits per heavy atom. The largest absolute Gasteiger partial charge is 0 e. The van der Waals surface area contributed by atoms with Crippen LogP contribution in [0.4, 0.5) is 0 Å². The zero-order valence-corrected chi connectivity index (χ0v) is 5.46. The Balaban J connectivity index is -0.00000000500. The molecule has 0 nitrogen and oxygen atoms in total. The standard InChI is InChI=1S/BH5Si.Ca.Fe.2H/c1-2;;;;/h1H2,2H3;;;;. The van der Waals surface area contributed by atoms with E-state index < -0.39 is 0 Å². The Morgan fingerprint density at radius 3 is 1.25 bits per heavy atom. The molecule has 0 aromatic carbocycles. The molecule has 0 radical (unpaired) electrons. The molecule has 0 spiro atoms. The van der Waals surface area contributed by atoms with E-state index in [4.69, 9.17) is 0 Å². The average molecular weight is 142 g/mol. The molecule has 0 heterocycles. The third-order valence-corrected chi connectivity index (χ3v) is 0. The first-order valence-electron chi connectivity index (χ1n) is 1.00. The number of hydrogen-bond acceptors (Lipinski definition) is 0. The van der Waals surface area contributed by atoms with Gasteiger partial charge in [-0.05, 0) is 10.1 Å². The molecule has 0 saturated heterocycles. The minimum atomic E-state index is 0. The molecule has 0 aliphatic heterocycles. The summed E-state index contributed by atoms with van der Waals surface area (Å²) in [6.07, 6.45) is 0. The fourth-order valence-electron chi connectivity index (χ4n) is 0. The Bertz CT molecular complexity index is 8.00. The minimum absolute atomic E-state index is 0. The molecule has 4 heteroatoms. The van der Waals surface area contributed by atoms with Crippen LogP contribution in [0.2, 0.25) is 0 Å². The van der Waals surface area contributed by atoms with Crippen LogP contribution in [0.25, 0.3) is 0 Å². The van der Waals surface area contributed by atoms with E-state index in [0.29, 0.717) is 0 Å². The molecule has 0 saturated carbocycles. The van der Waals surface area contributed by atoms with Gasteiger partial charge in [-0.1, -0.05) is 0 Å². The molecule has 0 rings (SSSR count). The van der Waals surface area contributed by atoms with Gasteiger partial charge in [-0.15, -0.1) is 0 Å². The van der Waals surface area contributed by atoms with Gasteiger partial charge < -0.3 is 0 Å². The van der Waals surface area contributed by atoms with Gasteiger partial charge in [0.25, 0.3) is 0 Å². The van der Waals surface area contributed by atoms with Gasteiger partial charge in [-0.2, -0.15) is 0 Å². The van der Waals surface area contributed by atoms with Crippen molar-refractivity contribution in [3.63, 3.8) is 0 Å². The van der Waals surface area contributed by atoms with Gasteiger partial charge >= 0.3 is 37.7 Å². The van der Waals surface area contributed by atoms with Gasteiger partial charge in [0.2, 0.25) is 0 Å². The van der Waals surface area contributed by atoms with Crippen LogP contribution in [0, 0.1) is 0 Å². The van der Waals surface area contributed by atoms with Crippen LogP contribution in [0.1, 0.15) is 0 Å². The zero-order chi connectivity index (χ0) is 2.00. The predicted molar refractivity (Wildman–Crippen MR) is 27.0 cm³/mol. The van der Waals surface area contributed by atoms with Crippen molar-refractivity contribution >= 4 is 55.3 Å². The molecule has 0 aromatic rings. The van der Waals surface area contributed by atoms with Crippen LogP contribution in [0.3, 0.4) is 0 Å². The normalized spacial score (nSPS) is 2.00. The van der Waals surface area contributed by atoms with Crippen molar-refractivity contribution in [1.82, 2.24) is 0 Å². The summed E-state index contributed by atoms with van der Waals surface area (Å²) in [6, 6.07) is 0. The summed E-state index contributed by atoms with van der Waals surface area (Å²) in [5.41, 5.74) is 0. The molecule has 0 aliphatic carbocycles. The molecule has 0 unspecified atom stereocenters. The Hall–Kier alpha value is 2.06. The average Bonchev–Trinajstić information content (AvgIpc) is 1.00. The van der Waals surface area contributed by atoms with Crippen molar-refractivity contribution < 1.29 is 17.1 Å². The van der Waals surface area contributed by atoms with E-state index in [1.54, 1.807) is 0 Å². The van der Waals surface area contributed by atoms with Crippen molar-refractivity contribution in [2.75, 3.05) is 0 Å². The van der Waals surface area contributed by atoms with E-state index in [0.717, 1.165) is 0 Å². The summed E-state index contributed by atoms with van der Waals surface area (Å²) in [7, 11) is 3.44. The molecular weight excluding hydrogens is 135 g/mol. The van der Waals surface area contributed by atoms with Gasteiger partial charge in [0, 0.05) is 17.1 Å². The molecule has 0 bridgehead atoms. The maximum Gasteiger partial charge on any atom is 0 e. The summed E-state index contributed by atoms with van der Waals surface area (Å²) < 4.78 is 0. The van der Waals surface area contributed by atoms with Crippen molar-refractivity contribution in [2.24, 2.45) is 0 Å². The van der Waals surface area contributed by atoms with Crippen LogP contribution in [0.15, 0.2) is 0 Å². The number of hydrogen-bond donors (Lipinski definition) is 0. The fourth-order valence-corrected chi connectivity index (χ4v) is 0. The molecule has 0 aromatic heterocycles. The summed E-state index contributed by atoms with van der Waals surface area (Å²) in [4.78, 5) is 0. The monoisotopic (exact) mass is 142 g/mol. The third-order valence-electron chi connectivity index (χ3n) is 0. The summed E-state index contributed by atoms with van der Waals surface area (Å²) in [5.74, 6) is 0.